The lowest BCUT2D eigenvalue weighted by atomic mass is 9.89. The van der Waals surface area contributed by atoms with E-state index in [1.54, 1.807) is 30.1 Å². The molecule has 1 N–H and O–H groups in total. The zero-order valence-corrected chi connectivity index (χ0v) is 12.0. The Morgan fingerprint density at radius 2 is 2.06 bits per heavy atom. The summed E-state index contributed by atoms with van der Waals surface area (Å²) >= 11 is 1.93. The second-order valence-corrected chi connectivity index (χ2v) is 4.30. The van der Waals surface area contributed by atoms with Crippen molar-refractivity contribution in [2.24, 2.45) is 0 Å². The van der Waals surface area contributed by atoms with Gasteiger partial charge in [-0.2, -0.15) is 0 Å². The molecular formula is C13H15IO3. The highest BCUT2D eigenvalue weighted by Gasteiger charge is 2.33. The molecule has 1 unspecified atom stereocenters. The van der Waals surface area contributed by atoms with Crippen molar-refractivity contribution >= 4 is 28.6 Å². The highest BCUT2D eigenvalue weighted by molar-refractivity contribution is 14.1. The van der Waals surface area contributed by atoms with E-state index < -0.39 is 11.6 Å². The second kappa shape index (κ2) is 6.16. The number of carbonyl (C=O) groups is 1. The maximum atomic E-state index is 11.7. The lowest BCUT2D eigenvalue weighted by Crippen LogP contribution is -2.29. The van der Waals surface area contributed by atoms with Gasteiger partial charge in [0.1, 0.15) is 5.60 Å². The van der Waals surface area contributed by atoms with Crippen LogP contribution in [0.5, 0.6) is 0 Å². The Morgan fingerprint density at radius 1 is 1.47 bits per heavy atom. The highest BCUT2D eigenvalue weighted by atomic mass is 127. The Morgan fingerprint density at radius 3 is 2.53 bits per heavy atom. The quantitative estimate of drug-likeness (QED) is 0.518. The van der Waals surface area contributed by atoms with Gasteiger partial charge >= 0.3 is 5.97 Å². The fraction of sp³-hybridized carbons (Fsp3) is 0.308. The van der Waals surface area contributed by atoms with E-state index in [0.29, 0.717) is 5.56 Å². The van der Waals surface area contributed by atoms with Crippen molar-refractivity contribution in [2.75, 3.05) is 6.61 Å². The van der Waals surface area contributed by atoms with E-state index in [9.17, 15) is 9.90 Å². The molecule has 0 heterocycles. The molecule has 3 nitrogen and oxygen atoms in total. The highest BCUT2D eigenvalue weighted by Crippen LogP contribution is 2.30. The van der Waals surface area contributed by atoms with E-state index >= 15 is 0 Å². The minimum Gasteiger partial charge on any atom is -0.463 e. The molecule has 0 amide bonds. The van der Waals surface area contributed by atoms with Gasteiger partial charge in [-0.3, -0.25) is 0 Å². The Labute approximate surface area is 115 Å². The maximum absolute atomic E-state index is 11.7. The third kappa shape index (κ3) is 3.29. The lowest BCUT2D eigenvalue weighted by molar-refractivity contribution is -0.141. The van der Waals surface area contributed by atoms with Crippen molar-refractivity contribution in [1.29, 1.82) is 0 Å². The number of hydrogen-bond donors (Lipinski definition) is 1. The Bertz CT molecular complexity index is 410. The van der Waals surface area contributed by atoms with Gasteiger partial charge in [-0.05, 0) is 23.5 Å². The van der Waals surface area contributed by atoms with Crippen LogP contribution in [0.25, 0.3) is 0 Å². The molecule has 1 atom stereocenters. The molecule has 1 aromatic carbocycles. The number of aliphatic hydroxyl groups is 1. The van der Waals surface area contributed by atoms with Crippen molar-refractivity contribution < 1.29 is 14.6 Å². The average molecular weight is 346 g/mol. The minimum absolute atomic E-state index is 0.242. The summed E-state index contributed by atoms with van der Waals surface area (Å²) in [5.41, 5.74) is -0.434. The van der Waals surface area contributed by atoms with Gasteiger partial charge in [-0.15, -0.1) is 0 Å². The van der Waals surface area contributed by atoms with Gasteiger partial charge in [0, 0.05) is 0 Å². The minimum atomic E-state index is -1.34. The van der Waals surface area contributed by atoms with Gasteiger partial charge in [-0.25, -0.2) is 4.79 Å². The fourth-order valence-electron chi connectivity index (χ4n) is 1.48. The molecule has 0 aliphatic heterocycles. The zero-order valence-electron chi connectivity index (χ0n) is 9.81. The smallest absolute Gasteiger partial charge is 0.337 e. The fourth-order valence-corrected chi connectivity index (χ4v) is 2.34. The number of benzene rings is 1. The van der Waals surface area contributed by atoms with Crippen LogP contribution in [0.1, 0.15) is 19.4 Å². The third-order valence-corrected chi connectivity index (χ3v) is 3.09. The second-order valence-electron chi connectivity index (χ2n) is 3.68. The molecule has 0 aliphatic carbocycles. The molecule has 0 saturated carbocycles. The number of ether oxygens (including phenoxy) is 1. The first-order valence-electron chi connectivity index (χ1n) is 5.30. The van der Waals surface area contributed by atoms with Crippen LogP contribution in [0.3, 0.4) is 0 Å². The van der Waals surface area contributed by atoms with Crippen LogP contribution in [-0.4, -0.2) is 17.7 Å². The van der Waals surface area contributed by atoms with Gasteiger partial charge < -0.3 is 9.84 Å². The number of esters is 1. The molecule has 1 rings (SSSR count). The lowest BCUT2D eigenvalue weighted by Gasteiger charge is -2.25. The van der Waals surface area contributed by atoms with Crippen molar-refractivity contribution in [1.82, 2.24) is 0 Å². The molecule has 0 fully saturated rings. The molecule has 0 aromatic heterocycles. The summed E-state index contributed by atoms with van der Waals surface area (Å²) in [6, 6.07) is 9.05. The molecule has 1 aromatic rings. The van der Waals surface area contributed by atoms with Crippen LogP contribution in [0, 0.1) is 0 Å². The molecule has 0 bridgehead atoms. The third-order valence-electron chi connectivity index (χ3n) is 2.46. The Balaban J connectivity index is 3.08. The van der Waals surface area contributed by atoms with Crippen LogP contribution in [0.15, 0.2) is 40.0 Å². The van der Waals surface area contributed by atoms with Crippen LogP contribution in [-0.2, 0) is 15.1 Å². The van der Waals surface area contributed by atoms with Crippen molar-refractivity contribution in [3.63, 3.8) is 0 Å². The van der Waals surface area contributed by atoms with E-state index in [1.165, 1.54) is 0 Å². The summed E-state index contributed by atoms with van der Waals surface area (Å²) in [5.74, 6) is -0.490. The molecule has 0 saturated heterocycles. The summed E-state index contributed by atoms with van der Waals surface area (Å²) in [7, 11) is 0. The number of halogens is 1. The summed E-state index contributed by atoms with van der Waals surface area (Å²) in [6.07, 6.45) is 0. The SMILES string of the molecule is CCOC(=O)/C(=C\I)C(C)(O)c1ccccc1. The van der Waals surface area contributed by atoms with Crippen LogP contribution in [0.4, 0.5) is 0 Å². The van der Waals surface area contributed by atoms with Crippen LogP contribution >= 0.6 is 22.6 Å². The first-order chi connectivity index (χ1) is 8.04. The van der Waals surface area contributed by atoms with Gasteiger partial charge in [-0.1, -0.05) is 52.9 Å². The Kier molecular flexibility index (Phi) is 5.14. The number of hydrogen-bond acceptors (Lipinski definition) is 3. The van der Waals surface area contributed by atoms with Crippen LogP contribution in [0.2, 0.25) is 0 Å². The average Bonchev–Trinajstić information content (AvgIpc) is 2.31. The van der Waals surface area contributed by atoms with Crippen LogP contribution < -0.4 is 0 Å². The summed E-state index contributed by atoms with van der Waals surface area (Å²) in [4.78, 5) is 11.7. The number of carbonyl (C=O) groups excluding carboxylic acids is 1. The molecule has 0 spiro atoms. The predicted octanol–water partition coefficient (Wildman–Crippen LogP) is 2.78. The molecule has 92 valence electrons. The summed E-state index contributed by atoms with van der Waals surface area (Å²) in [5, 5.41) is 10.5. The molecule has 4 heteroatoms. The van der Waals surface area contributed by atoms with Gasteiger partial charge in [0.2, 0.25) is 0 Å². The molecule has 0 aliphatic rings. The summed E-state index contributed by atoms with van der Waals surface area (Å²) < 4.78 is 6.49. The largest absolute Gasteiger partial charge is 0.463 e. The predicted molar refractivity (Wildman–Crippen MR) is 74.7 cm³/mol. The first kappa shape index (κ1) is 14.2. The van der Waals surface area contributed by atoms with Gasteiger partial charge in [0.25, 0.3) is 0 Å². The standard InChI is InChI=1S/C13H15IO3/c1-3-17-12(15)11(9-14)13(2,16)10-7-5-4-6-8-10/h4-9,16H,3H2,1-2H3/b11-9+. The maximum Gasteiger partial charge on any atom is 0.337 e. The monoisotopic (exact) mass is 346 g/mol. The van der Waals surface area contributed by atoms with Crippen molar-refractivity contribution in [2.45, 2.75) is 19.4 Å². The molecule has 0 radical (unpaired) electrons. The Hall–Kier alpha value is -0.880. The van der Waals surface area contributed by atoms with Crippen molar-refractivity contribution in [3.05, 3.63) is 45.6 Å². The van der Waals surface area contributed by atoms with E-state index in [0.717, 1.165) is 0 Å². The van der Waals surface area contributed by atoms with Crippen molar-refractivity contribution in [3.8, 4) is 0 Å². The van der Waals surface area contributed by atoms with E-state index in [4.69, 9.17) is 4.74 Å². The van der Waals surface area contributed by atoms with E-state index in [2.05, 4.69) is 0 Å². The molecule has 17 heavy (non-hydrogen) atoms. The normalized spacial score (nSPS) is 15.2. The van der Waals surface area contributed by atoms with E-state index in [1.807, 2.05) is 40.8 Å². The molecular weight excluding hydrogens is 331 g/mol. The number of rotatable bonds is 4. The summed E-state index contributed by atoms with van der Waals surface area (Å²) in [6.45, 7) is 3.61. The topological polar surface area (TPSA) is 46.5 Å². The zero-order chi connectivity index (χ0) is 12.9. The van der Waals surface area contributed by atoms with E-state index in [-0.39, 0.29) is 12.2 Å². The van der Waals surface area contributed by atoms with Gasteiger partial charge in [0.05, 0.1) is 12.2 Å². The first-order valence-corrected chi connectivity index (χ1v) is 6.54. The van der Waals surface area contributed by atoms with Gasteiger partial charge in [0.15, 0.2) is 0 Å².